The smallest absolute Gasteiger partial charge is 0.0317 e. The van der Waals surface area contributed by atoms with Crippen LogP contribution in [0.25, 0.3) is 0 Å². The Morgan fingerprint density at radius 3 is 2.38 bits per heavy atom. The van der Waals surface area contributed by atoms with Crippen molar-refractivity contribution in [2.45, 2.75) is 78.2 Å². The lowest BCUT2D eigenvalue weighted by atomic mass is 9.95. The zero-order chi connectivity index (χ0) is 15.5. The number of benzene rings is 1. The van der Waals surface area contributed by atoms with Crippen LogP contribution in [0, 0.1) is 5.92 Å². The second-order valence-corrected chi connectivity index (χ2v) is 6.74. The Balaban J connectivity index is 2.44. The molecule has 1 heteroatoms. The maximum atomic E-state index is 3.50. The molecule has 0 fully saturated rings. The van der Waals surface area contributed by atoms with Crippen LogP contribution in [-0.2, 0) is 6.42 Å². The molecule has 120 valence electrons. The summed E-state index contributed by atoms with van der Waals surface area (Å²) in [6.07, 6.45) is 10.7. The van der Waals surface area contributed by atoms with Gasteiger partial charge in [0, 0.05) is 6.04 Å². The Hall–Kier alpha value is -0.820. The first-order valence-corrected chi connectivity index (χ1v) is 8.93. The van der Waals surface area contributed by atoms with E-state index < -0.39 is 0 Å². The van der Waals surface area contributed by atoms with E-state index in [0.29, 0.717) is 6.04 Å². The second-order valence-electron chi connectivity index (χ2n) is 6.74. The third kappa shape index (κ3) is 7.66. The third-order valence-electron chi connectivity index (χ3n) is 4.19. The van der Waals surface area contributed by atoms with Crippen LogP contribution in [0.2, 0.25) is 0 Å². The Morgan fingerprint density at radius 1 is 1.00 bits per heavy atom. The fourth-order valence-electron chi connectivity index (χ4n) is 3.01. The van der Waals surface area contributed by atoms with Crippen molar-refractivity contribution in [3.8, 4) is 0 Å². The van der Waals surface area contributed by atoms with Gasteiger partial charge in [-0.05, 0) is 36.9 Å². The number of nitrogens with one attached hydrogen (secondary N) is 1. The number of hydrogen-bond acceptors (Lipinski definition) is 1. The molecule has 21 heavy (non-hydrogen) atoms. The van der Waals surface area contributed by atoms with Crippen LogP contribution in [0.3, 0.4) is 0 Å². The topological polar surface area (TPSA) is 12.0 Å². The van der Waals surface area contributed by atoms with Crippen molar-refractivity contribution >= 4 is 0 Å². The molecule has 0 aromatic heterocycles. The molecule has 0 aliphatic rings. The van der Waals surface area contributed by atoms with Gasteiger partial charge in [-0.15, -0.1) is 0 Å². The second kappa shape index (κ2) is 10.8. The van der Waals surface area contributed by atoms with E-state index in [1.54, 1.807) is 0 Å². The van der Waals surface area contributed by atoms with E-state index in [4.69, 9.17) is 0 Å². The zero-order valence-corrected chi connectivity index (χ0v) is 14.6. The summed E-state index contributed by atoms with van der Waals surface area (Å²) >= 11 is 0. The molecule has 0 aliphatic heterocycles. The largest absolute Gasteiger partial charge is 0.313 e. The summed E-state index contributed by atoms with van der Waals surface area (Å²) in [4.78, 5) is 0. The Kier molecular flexibility index (Phi) is 9.41. The minimum Gasteiger partial charge on any atom is -0.313 e. The average Bonchev–Trinajstić information content (AvgIpc) is 2.46. The summed E-state index contributed by atoms with van der Waals surface area (Å²) in [6, 6.07) is 9.68. The van der Waals surface area contributed by atoms with Gasteiger partial charge in [0.2, 0.25) is 0 Å². The van der Waals surface area contributed by atoms with Crippen molar-refractivity contribution < 1.29 is 0 Å². The number of rotatable bonds is 11. The van der Waals surface area contributed by atoms with Crippen molar-refractivity contribution in [3.05, 3.63) is 35.4 Å². The molecule has 1 aromatic rings. The predicted molar refractivity (Wildman–Crippen MR) is 94.8 cm³/mol. The fraction of sp³-hybridized carbons (Fsp3) is 0.700. The lowest BCUT2D eigenvalue weighted by Crippen LogP contribution is -2.16. The van der Waals surface area contributed by atoms with Gasteiger partial charge in [0.05, 0.1) is 0 Å². The Morgan fingerprint density at radius 2 is 1.71 bits per heavy atom. The first kappa shape index (κ1) is 18.2. The fourth-order valence-corrected chi connectivity index (χ4v) is 3.01. The summed E-state index contributed by atoms with van der Waals surface area (Å²) in [5, 5.41) is 3.50. The molecule has 0 amide bonds. The minimum absolute atomic E-state index is 0.517. The maximum absolute atomic E-state index is 3.50. The van der Waals surface area contributed by atoms with Crippen LogP contribution in [-0.4, -0.2) is 7.05 Å². The van der Waals surface area contributed by atoms with Crippen LogP contribution >= 0.6 is 0 Å². The standard InChI is InChI=1S/C20H35N/c1-5-6-7-8-9-10-14-20(21-4)19-13-11-12-18(16-19)15-17(2)3/h11-13,16-17,20-21H,5-10,14-15H2,1-4H3. The van der Waals surface area contributed by atoms with Crippen LogP contribution in [0.5, 0.6) is 0 Å². The van der Waals surface area contributed by atoms with E-state index in [2.05, 4.69) is 57.4 Å². The van der Waals surface area contributed by atoms with Crippen LogP contribution in [0.1, 0.15) is 82.9 Å². The predicted octanol–water partition coefficient (Wildman–Crippen LogP) is 5.90. The lowest BCUT2D eigenvalue weighted by Gasteiger charge is -2.18. The molecule has 0 aliphatic carbocycles. The van der Waals surface area contributed by atoms with Gasteiger partial charge in [-0.2, -0.15) is 0 Å². The van der Waals surface area contributed by atoms with Crippen LogP contribution in [0.4, 0.5) is 0 Å². The highest BCUT2D eigenvalue weighted by Crippen LogP contribution is 2.22. The van der Waals surface area contributed by atoms with E-state index in [1.165, 1.54) is 62.5 Å². The molecule has 0 saturated heterocycles. The maximum Gasteiger partial charge on any atom is 0.0317 e. The molecule has 0 bridgehead atoms. The molecule has 0 radical (unpaired) electrons. The van der Waals surface area contributed by atoms with Gasteiger partial charge in [-0.25, -0.2) is 0 Å². The van der Waals surface area contributed by atoms with Crippen molar-refractivity contribution in [2.75, 3.05) is 7.05 Å². The monoisotopic (exact) mass is 289 g/mol. The van der Waals surface area contributed by atoms with E-state index in [0.717, 1.165) is 5.92 Å². The molecule has 1 N–H and O–H groups in total. The quantitative estimate of drug-likeness (QED) is 0.500. The molecule has 1 atom stereocenters. The molecule has 0 heterocycles. The summed E-state index contributed by atoms with van der Waals surface area (Å²) in [5.41, 5.74) is 2.94. The third-order valence-corrected chi connectivity index (χ3v) is 4.19. The summed E-state index contributed by atoms with van der Waals surface area (Å²) in [6.45, 7) is 6.86. The summed E-state index contributed by atoms with van der Waals surface area (Å²) in [7, 11) is 2.09. The molecular weight excluding hydrogens is 254 g/mol. The van der Waals surface area contributed by atoms with E-state index in [-0.39, 0.29) is 0 Å². The molecule has 1 unspecified atom stereocenters. The average molecular weight is 290 g/mol. The van der Waals surface area contributed by atoms with Gasteiger partial charge in [-0.3, -0.25) is 0 Å². The first-order valence-electron chi connectivity index (χ1n) is 8.93. The SMILES string of the molecule is CCCCCCCCC(NC)c1cccc(CC(C)C)c1. The highest BCUT2D eigenvalue weighted by atomic mass is 14.9. The zero-order valence-electron chi connectivity index (χ0n) is 14.6. The van der Waals surface area contributed by atoms with Gasteiger partial charge in [0.15, 0.2) is 0 Å². The number of hydrogen-bond donors (Lipinski definition) is 1. The Labute approximate surface area is 132 Å². The summed E-state index contributed by atoms with van der Waals surface area (Å²) < 4.78 is 0. The van der Waals surface area contributed by atoms with Crippen LogP contribution in [0.15, 0.2) is 24.3 Å². The van der Waals surface area contributed by atoms with Crippen molar-refractivity contribution in [1.29, 1.82) is 0 Å². The minimum atomic E-state index is 0.517. The van der Waals surface area contributed by atoms with Crippen molar-refractivity contribution in [2.24, 2.45) is 5.92 Å². The highest BCUT2D eigenvalue weighted by molar-refractivity contribution is 5.26. The van der Waals surface area contributed by atoms with Crippen LogP contribution < -0.4 is 5.32 Å². The highest BCUT2D eigenvalue weighted by Gasteiger charge is 2.09. The van der Waals surface area contributed by atoms with E-state index in [9.17, 15) is 0 Å². The molecule has 1 rings (SSSR count). The van der Waals surface area contributed by atoms with E-state index in [1.807, 2.05) is 0 Å². The van der Waals surface area contributed by atoms with Crippen molar-refractivity contribution in [1.82, 2.24) is 5.32 Å². The van der Waals surface area contributed by atoms with Crippen molar-refractivity contribution in [3.63, 3.8) is 0 Å². The van der Waals surface area contributed by atoms with Gasteiger partial charge >= 0.3 is 0 Å². The van der Waals surface area contributed by atoms with Gasteiger partial charge in [0.25, 0.3) is 0 Å². The van der Waals surface area contributed by atoms with E-state index >= 15 is 0 Å². The molecule has 0 spiro atoms. The van der Waals surface area contributed by atoms with Gasteiger partial charge < -0.3 is 5.32 Å². The summed E-state index contributed by atoms with van der Waals surface area (Å²) in [5.74, 6) is 0.729. The molecule has 0 saturated carbocycles. The molecule has 1 nitrogen and oxygen atoms in total. The lowest BCUT2D eigenvalue weighted by molar-refractivity contribution is 0.497. The first-order chi connectivity index (χ1) is 10.2. The molecule has 1 aromatic carbocycles. The van der Waals surface area contributed by atoms with Gasteiger partial charge in [0.1, 0.15) is 0 Å². The normalized spacial score (nSPS) is 12.8. The number of unbranched alkanes of at least 4 members (excludes halogenated alkanes) is 5. The molecular formula is C20H35N. The van der Waals surface area contributed by atoms with Gasteiger partial charge in [-0.1, -0.05) is 83.6 Å². The Bertz CT molecular complexity index is 370.